The Morgan fingerprint density at radius 2 is 1.53 bits per heavy atom. The third-order valence-corrected chi connectivity index (χ3v) is 3.79. The zero-order valence-corrected chi connectivity index (χ0v) is 11.4. The molecule has 0 aliphatic rings. The van der Waals surface area contributed by atoms with Crippen molar-refractivity contribution in [3.8, 4) is 11.3 Å². The summed E-state index contributed by atoms with van der Waals surface area (Å²) in [6.45, 7) is 0. The first-order valence-corrected chi connectivity index (χ1v) is 6.41. The van der Waals surface area contributed by atoms with Crippen LogP contribution < -0.4 is 11.5 Å². The van der Waals surface area contributed by atoms with Crippen molar-refractivity contribution >= 4 is 45.7 Å². The Balaban J connectivity index is 2.32. The lowest BCUT2D eigenvalue weighted by Gasteiger charge is -2.03. The maximum Gasteiger partial charge on any atom is 0.0847 e. The number of hydrogen-bond donors (Lipinski definition) is 2. The lowest BCUT2D eigenvalue weighted by molar-refractivity contribution is 1.32. The van der Waals surface area contributed by atoms with Crippen molar-refractivity contribution < 1.29 is 0 Å². The van der Waals surface area contributed by atoms with Crippen molar-refractivity contribution in [3.63, 3.8) is 0 Å². The molecule has 2 aromatic carbocycles. The van der Waals surface area contributed by atoms with Gasteiger partial charge in [-0.3, -0.25) is 4.09 Å². The van der Waals surface area contributed by atoms with Crippen LogP contribution in [0.15, 0.2) is 42.5 Å². The Morgan fingerprint density at radius 3 is 2.21 bits per heavy atom. The number of benzene rings is 2. The molecule has 3 aromatic rings. The Bertz CT molecular complexity index is 760. The quantitative estimate of drug-likeness (QED) is 0.663. The van der Waals surface area contributed by atoms with E-state index in [0.29, 0.717) is 16.4 Å². The summed E-state index contributed by atoms with van der Waals surface area (Å²) in [6.07, 6.45) is 0. The maximum absolute atomic E-state index is 6.41. The number of halogens is 2. The first-order valence-electron chi connectivity index (χ1n) is 5.69. The van der Waals surface area contributed by atoms with Gasteiger partial charge in [-0.05, 0) is 30.3 Å². The third kappa shape index (κ3) is 1.91. The van der Waals surface area contributed by atoms with Crippen LogP contribution in [0.1, 0.15) is 0 Å². The van der Waals surface area contributed by atoms with Gasteiger partial charge in [-0.2, -0.15) is 0 Å². The molecule has 0 amide bonds. The van der Waals surface area contributed by atoms with Gasteiger partial charge in [-0.15, -0.1) is 0 Å². The molecular weight excluding hydrogens is 281 g/mol. The molecule has 0 saturated carbocycles. The zero-order valence-electron chi connectivity index (χ0n) is 9.90. The second-order valence-corrected chi connectivity index (χ2v) is 5.06. The van der Waals surface area contributed by atoms with Crippen LogP contribution >= 0.6 is 23.4 Å². The van der Waals surface area contributed by atoms with Crippen LogP contribution in [0.2, 0.25) is 5.02 Å². The van der Waals surface area contributed by atoms with Gasteiger partial charge in [-0.25, -0.2) is 0 Å². The van der Waals surface area contributed by atoms with Gasteiger partial charge in [-0.1, -0.05) is 23.7 Å². The molecule has 4 N–H and O–H groups in total. The largest absolute Gasteiger partial charge is 0.399 e. The van der Waals surface area contributed by atoms with Crippen molar-refractivity contribution in [2.24, 2.45) is 0 Å². The van der Waals surface area contributed by atoms with Crippen molar-refractivity contribution in [1.29, 1.82) is 0 Å². The summed E-state index contributed by atoms with van der Waals surface area (Å²) in [7, 11) is 0. The highest BCUT2D eigenvalue weighted by atomic mass is 35.5. The molecule has 0 unspecified atom stereocenters. The van der Waals surface area contributed by atoms with Gasteiger partial charge < -0.3 is 11.5 Å². The van der Waals surface area contributed by atoms with E-state index in [9.17, 15) is 0 Å². The Kier molecular flexibility index (Phi) is 2.81. The second-order valence-electron chi connectivity index (χ2n) is 4.34. The standard InChI is InChI=1S/C14H11Cl2N3/c15-13-11-6-5-10(18)7-12(11)19(16)14(13)8-1-3-9(17)4-2-8/h1-7H,17-18H2. The van der Waals surface area contributed by atoms with E-state index in [0.717, 1.165) is 22.2 Å². The van der Waals surface area contributed by atoms with Gasteiger partial charge in [0.1, 0.15) is 0 Å². The van der Waals surface area contributed by atoms with Crippen LogP contribution in [0, 0.1) is 0 Å². The number of rotatable bonds is 1. The van der Waals surface area contributed by atoms with Gasteiger partial charge >= 0.3 is 0 Å². The molecule has 5 heteroatoms. The normalized spacial score (nSPS) is 11.1. The Labute approximate surface area is 120 Å². The van der Waals surface area contributed by atoms with E-state index in [2.05, 4.69) is 0 Å². The average molecular weight is 292 g/mol. The minimum atomic E-state index is 0.606. The zero-order chi connectivity index (χ0) is 13.6. The lowest BCUT2D eigenvalue weighted by Crippen LogP contribution is -1.88. The highest BCUT2D eigenvalue weighted by Crippen LogP contribution is 2.39. The second kappa shape index (κ2) is 4.37. The van der Waals surface area contributed by atoms with Crippen LogP contribution in [-0.2, 0) is 0 Å². The molecule has 3 rings (SSSR count). The number of anilines is 2. The van der Waals surface area contributed by atoms with Gasteiger partial charge in [0.05, 0.1) is 16.2 Å². The molecule has 0 bridgehead atoms. The first kappa shape index (κ1) is 12.2. The van der Waals surface area contributed by atoms with Crippen molar-refractivity contribution in [3.05, 3.63) is 47.5 Å². The molecule has 0 atom stereocenters. The number of nitrogens with zero attached hydrogens (tertiary/aromatic N) is 1. The summed E-state index contributed by atoms with van der Waals surface area (Å²) >= 11 is 12.8. The first-order chi connectivity index (χ1) is 9.08. The van der Waals surface area contributed by atoms with E-state index < -0.39 is 0 Å². The molecule has 0 aliphatic carbocycles. The monoisotopic (exact) mass is 291 g/mol. The number of fused-ring (bicyclic) bond motifs is 1. The van der Waals surface area contributed by atoms with Gasteiger partial charge in [0.2, 0.25) is 0 Å². The van der Waals surface area contributed by atoms with E-state index in [1.54, 1.807) is 12.1 Å². The number of aromatic nitrogens is 1. The number of nitrogen functional groups attached to an aromatic ring is 2. The topological polar surface area (TPSA) is 57.0 Å². The summed E-state index contributed by atoms with van der Waals surface area (Å²) < 4.78 is 1.53. The molecule has 0 saturated heterocycles. The summed E-state index contributed by atoms with van der Waals surface area (Å²) in [5.41, 5.74) is 15.2. The SMILES string of the molecule is Nc1ccc(-c2c(Cl)c3ccc(N)cc3n2Cl)cc1. The third-order valence-electron chi connectivity index (χ3n) is 3.06. The predicted molar refractivity (Wildman–Crippen MR) is 82.5 cm³/mol. The van der Waals surface area contributed by atoms with Crippen molar-refractivity contribution in [2.75, 3.05) is 11.5 Å². The average Bonchev–Trinajstić information content (AvgIpc) is 2.63. The molecule has 3 nitrogen and oxygen atoms in total. The van der Waals surface area contributed by atoms with Crippen LogP contribution in [0.5, 0.6) is 0 Å². The molecule has 96 valence electrons. The fourth-order valence-corrected chi connectivity index (χ4v) is 2.83. The van der Waals surface area contributed by atoms with E-state index in [1.807, 2.05) is 30.3 Å². The van der Waals surface area contributed by atoms with Crippen LogP contribution in [-0.4, -0.2) is 4.09 Å². The Morgan fingerprint density at radius 1 is 0.895 bits per heavy atom. The molecule has 0 fully saturated rings. The maximum atomic E-state index is 6.41. The Hall–Kier alpha value is -1.84. The summed E-state index contributed by atoms with van der Waals surface area (Å²) in [5, 5.41) is 1.48. The predicted octanol–water partition coefficient (Wildman–Crippen LogP) is 4.13. The van der Waals surface area contributed by atoms with Crippen molar-refractivity contribution in [1.82, 2.24) is 4.09 Å². The van der Waals surface area contributed by atoms with Crippen molar-refractivity contribution in [2.45, 2.75) is 0 Å². The summed E-state index contributed by atoms with van der Waals surface area (Å²) in [4.78, 5) is 0. The minimum Gasteiger partial charge on any atom is -0.399 e. The highest BCUT2D eigenvalue weighted by Gasteiger charge is 2.16. The molecule has 1 heterocycles. The fraction of sp³-hybridized carbons (Fsp3) is 0. The van der Waals surface area contributed by atoms with Crippen LogP contribution in [0.25, 0.3) is 22.2 Å². The van der Waals surface area contributed by atoms with E-state index >= 15 is 0 Å². The molecule has 19 heavy (non-hydrogen) atoms. The minimum absolute atomic E-state index is 0.606. The van der Waals surface area contributed by atoms with E-state index in [4.69, 9.17) is 34.8 Å². The smallest absolute Gasteiger partial charge is 0.0847 e. The van der Waals surface area contributed by atoms with Gasteiger partial charge in [0.15, 0.2) is 0 Å². The molecule has 0 spiro atoms. The lowest BCUT2D eigenvalue weighted by atomic mass is 10.1. The molecule has 1 aromatic heterocycles. The number of nitrogens with two attached hydrogens (primary N) is 2. The molecular formula is C14H11Cl2N3. The highest BCUT2D eigenvalue weighted by molar-refractivity contribution is 6.40. The van der Waals surface area contributed by atoms with E-state index in [1.165, 1.54) is 4.09 Å². The number of hydrogen-bond acceptors (Lipinski definition) is 2. The van der Waals surface area contributed by atoms with Crippen LogP contribution in [0.3, 0.4) is 0 Å². The molecule has 0 radical (unpaired) electrons. The fourth-order valence-electron chi connectivity index (χ4n) is 2.11. The molecule has 0 aliphatic heterocycles. The summed E-state index contributed by atoms with van der Waals surface area (Å²) in [5.74, 6) is 0. The van der Waals surface area contributed by atoms with E-state index in [-0.39, 0.29) is 0 Å². The van der Waals surface area contributed by atoms with Crippen LogP contribution in [0.4, 0.5) is 11.4 Å². The van der Waals surface area contributed by atoms with Gasteiger partial charge in [0.25, 0.3) is 0 Å². The summed E-state index contributed by atoms with van der Waals surface area (Å²) in [6, 6.07) is 12.9. The van der Waals surface area contributed by atoms with Gasteiger partial charge in [0, 0.05) is 34.1 Å².